The van der Waals surface area contributed by atoms with Gasteiger partial charge in [-0.05, 0) is 45.3 Å². The highest BCUT2D eigenvalue weighted by molar-refractivity contribution is 5.79. The summed E-state index contributed by atoms with van der Waals surface area (Å²) in [6.45, 7) is 4.80. The van der Waals surface area contributed by atoms with Gasteiger partial charge >= 0.3 is 0 Å². The molecular weight excluding hydrogens is 264 g/mol. The van der Waals surface area contributed by atoms with E-state index in [4.69, 9.17) is 0 Å². The van der Waals surface area contributed by atoms with E-state index >= 15 is 0 Å². The quantitative estimate of drug-likeness (QED) is 0.846. The molecule has 1 aromatic heterocycles. The first-order valence-corrected chi connectivity index (χ1v) is 8.15. The highest BCUT2D eigenvalue weighted by Gasteiger charge is 2.39. The zero-order valence-electron chi connectivity index (χ0n) is 13.1. The van der Waals surface area contributed by atoms with Gasteiger partial charge in [0.1, 0.15) is 0 Å². The van der Waals surface area contributed by atoms with Gasteiger partial charge in [0.2, 0.25) is 5.91 Å². The predicted octanol–water partition coefficient (Wildman–Crippen LogP) is 1.60. The van der Waals surface area contributed by atoms with E-state index < -0.39 is 0 Å². The Morgan fingerprint density at radius 3 is 2.71 bits per heavy atom. The lowest BCUT2D eigenvalue weighted by molar-refractivity contribution is -0.137. The van der Waals surface area contributed by atoms with Crippen molar-refractivity contribution >= 4 is 5.91 Å². The highest BCUT2D eigenvalue weighted by Crippen LogP contribution is 2.30. The maximum absolute atomic E-state index is 12.8. The van der Waals surface area contributed by atoms with E-state index in [1.165, 1.54) is 19.4 Å². The van der Waals surface area contributed by atoms with Crippen LogP contribution >= 0.6 is 0 Å². The zero-order valence-corrected chi connectivity index (χ0v) is 13.1. The van der Waals surface area contributed by atoms with Crippen LogP contribution in [-0.4, -0.2) is 57.7 Å². The monoisotopic (exact) mass is 290 g/mol. The Balaban J connectivity index is 1.65. The van der Waals surface area contributed by atoms with Crippen LogP contribution in [-0.2, 0) is 11.3 Å². The molecule has 1 aromatic rings. The number of likely N-dealkylation sites (N-methyl/N-ethyl adjacent to an activating group) is 1. The maximum Gasteiger partial charge on any atom is 0.227 e. The number of hydrogen-bond acceptors (Lipinski definition) is 3. The van der Waals surface area contributed by atoms with Crippen molar-refractivity contribution in [3.05, 3.63) is 18.5 Å². The molecule has 0 N–H and O–H groups in total. The zero-order chi connectivity index (χ0) is 14.8. The summed E-state index contributed by atoms with van der Waals surface area (Å²) < 4.78 is 1.86. The first kappa shape index (κ1) is 14.6. The van der Waals surface area contributed by atoms with Gasteiger partial charge in [0.15, 0.2) is 0 Å². The van der Waals surface area contributed by atoms with E-state index in [2.05, 4.69) is 21.9 Å². The van der Waals surface area contributed by atoms with Crippen LogP contribution in [0.1, 0.15) is 32.6 Å². The van der Waals surface area contributed by atoms with Crippen LogP contribution in [0.25, 0.3) is 0 Å². The number of rotatable bonds is 4. The molecule has 21 heavy (non-hydrogen) atoms. The number of nitrogens with zero attached hydrogens (tertiary/aromatic N) is 4. The molecule has 1 amide bonds. The molecule has 0 aromatic carbocycles. The first-order chi connectivity index (χ1) is 10.2. The fraction of sp³-hybridized carbons (Fsp3) is 0.750. The van der Waals surface area contributed by atoms with Crippen molar-refractivity contribution < 1.29 is 4.79 Å². The fourth-order valence-electron chi connectivity index (χ4n) is 3.94. The van der Waals surface area contributed by atoms with E-state index in [0.29, 0.717) is 24.5 Å². The van der Waals surface area contributed by atoms with E-state index in [9.17, 15) is 4.79 Å². The van der Waals surface area contributed by atoms with Crippen molar-refractivity contribution in [1.82, 2.24) is 19.6 Å². The summed E-state index contributed by atoms with van der Waals surface area (Å²) in [7, 11) is 2.20. The highest BCUT2D eigenvalue weighted by atomic mass is 16.2. The van der Waals surface area contributed by atoms with E-state index in [1.54, 1.807) is 6.20 Å². The predicted molar refractivity (Wildman–Crippen MR) is 81.8 cm³/mol. The van der Waals surface area contributed by atoms with Gasteiger partial charge in [-0.3, -0.25) is 9.48 Å². The molecular formula is C16H26N4O. The lowest BCUT2D eigenvalue weighted by atomic mass is 10.0. The van der Waals surface area contributed by atoms with Gasteiger partial charge in [-0.1, -0.05) is 6.92 Å². The molecule has 3 atom stereocenters. The molecule has 3 rings (SSSR count). The Morgan fingerprint density at radius 1 is 1.29 bits per heavy atom. The average Bonchev–Trinajstić information content (AvgIpc) is 3.18. The fourth-order valence-corrected chi connectivity index (χ4v) is 3.94. The Morgan fingerprint density at radius 2 is 2.05 bits per heavy atom. The third-order valence-corrected chi connectivity index (χ3v) is 5.05. The Kier molecular flexibility index (Phi) is 4.29. The minimum Gasteiger partial charge on any atom is -0.338 e. The third kappa shape index (κ3) is 2.98. The minimum absolute atomic E-state index is 0.00258. The van der Waals surface area contributed by atoms with Crippen LogP contribution in [0.4, 0.5) is 0 Å². The molecule has 0 radical (unpaired) electrons. The van der Waals surface area contributed by atoms with Crippen molar-refractivity contribution in [1.29, 1.82) is 0 Å². The summed E-state index contributed by atoms with van der Waals surface area (Å²) in [5.41, 5.74) is 0. The summed E-state index contributed by atoms with van der Waals surface area (Å²) >= 11 is 0. The van der Waals surface area contributed by atoms with Crippen LogP contribution in [0.2, 0.25) is 0 Å². The lowest BCUT2D eigenvalue weighted by Gasteiger charge is -2.34. The Bertz CT molecular complexity index is 473. The smallest absolute Gasteiger partial charge is 0.227 e. The standard InChI is InChI=1S/C16H26N4O/c1-13(12-19-10-5-8-17-19)16(21)20-11-4-7-15(20)14-6-3-9-18(14)2/h5,8,10,13-15H,3-4,6-7,9,11-12H2,1-2H3/t13-,14-,15+/m1/s1. The third-order valence-electron chi connectivity index (χ3n) is 5.05. The number of carbonyl (C=O) groups excluding carboxylic acids is 1. The molecule has 0 unspecified atom stereocenters. The summed E-state index contributed by atoms with van der Waals surface area (Å²) in [6, 6.07) is 2.89. The second-order valence-electron chi connectivity index (χ2n) is 6.56. The van der Waals surface area contributed by atoms with Gasteiger partial charge in [-0.2, -0.15) is 5.10 Å². The number of amides is 1. The normalized spacial score (nSPS) is 28.2. The average molecular weight is 290 g/mol. The SMILES string of the molecule is C[C@H](Cn1cccn1)C(=O)N1CCC[C@H]1[C@H]1CCCN1C. The number of carbonyl (C=O) groups is 1. The summed E-state index contributed by atoms with van der Waals surface area (Å²) in [5.74, 6) is 0.297. The van der Waals surface area contributed by atoms with Gasteiger partial charge in [-0.25, -0.2) is 0 Å². The molecule has 0 spiro atoms. The molecule has 0 aliphatic carbocycles. The molecule has 116 valence electrons. The molecule has 2 aliphatic rings. The van der Waals surface area contributed by atoms with Crippen molar-refractivity contribution in [2.75, 3.05) is 20.1 Å². The van der Waals surface area contributed by atoms with Gasteiger partial charge in [0.05, 0.1) is 12.5 Å². The van der Waals surface area contributed by atoms with Crippen LogP contribution < -0.4 is 0 Å². The van der Waals surface area contributed by atoms with E-state index in [1.807, 2.05) is 23.9 Å². The van der Waals surface area contributed by atoms with E-state index in [-0.39, 0.29) is 5.92 Å². The Hall–Kier alpha value is -1.36. The topological polar surface area (TPSA) is 41.4 Å². The van der Waals surface area contributed by atoms with Crippen LogP contribution in [0, 0.1) is 5.92 Å². The minimum atomic E-state index is -0.00258. The number of hydrogen-bond donors (Lipinski definition) is 0. The van der Waals surface area contributed by atoms with Gasteiger partial charge < -0.3 is 9.80 Å². The Labute approximate surface area is 126 Å². The second-order valence-corrected chi connectivity index (χ2v) is 6.56. The molecule has 0 bridgehead atoms. The van der Waals surface area contributed by atoms with E-state index in [0.717, 1.165) is 19.4 Å². The lowest BCUT2D eigenvalue weighted by Crippen LogP contribution is -2.49. The largest absolute Gasteiger partial charge is 0.338 e. The summed E-state index contributed by atoms with van der Waals surface area (Å²) in [4.78, 5) is 17.4. The van der Waals surface area contributed by atoms with Crippen LogP contribution in [0.3, 0.4) is 0 Å². The molecule has 2 saturated heterocycles. The maximum atomic E-state index is 12.8. The van der Waals surface area contributed by atoms with Crippen LogP contribution in [0.15, 0.2) is 18.5 Å². The molecule has 2 fully saturated rings. The van der Waals surface area contributed by atoms with Gasteiger partial charge in [-0.15, -0.1) is 0 Å². The number of likely N-dealkylation sites (tertiary alicyclic amines) is 2. The van der Waals surface area contributed by atoms with Crippen LogP contribution in [0.5, 0.6) is 0 Å². The molecule has 3 heterocycles. The number of aromatic nitrogens is 2. The second kappa shape index (κ2) is 6.18. The van der Waals surface area contributed by atoms with Crippen molar-refractivity contribution in [2.24, 2.45) is 5.92 Å². The van der Waals surface area contributed by atoms with Crippen molar-refractivity contribution in [3.63, 3.8) is 0 Å². The van der Waals surface area contributed by atoms with Crippen molar-refractivity contribution in [3.8, 4) is 0 Å². The molecule has 5 nitrogen and oxygen atoms in total. The van der Waals surface area contributed by atoms with Gasteiger partial charge in [0, 0.05) is 31.0 Å². The summed E-state index contributed by atoms with van der Waals surface area (Å²) in [6.07, 6.45) is 8.50. The van der Waals surface area contributed by atoms with Gasteiger partial charge in [0.25, 0.3) is 0 Å². The molecule has 5 heteroatoms. The molecule has 2 aliphatic heterocycles. The first-order valence-electron chi connectivity index (χ1n) is 8.15. The summed E-state index contributed by atoms with van der Waals surface area (Å²) in [5, 5.41) is 4.21. The molecule has 0 saturated carbocycles. The van der Waals surface area contributed by atoms with Crippen molar-refractivity contribution in [2.45, 2.75) is 51.2 Å².